The molecule has 1 aromatic heterocycles. The molecule has 1 amide bonds. The minimum Gasteiger partial charge on any atom is -0.466 e. The molecule has 0 N–H and O–H groups in total. The minimum absolute atomic E-state index is 0.167. The van der Waals surface area contributed by atoms with Gasteiger partial charge in [0.05, 0.1) is 6.26 Å². The van der Waals surface area contributed by atoms with Crippen LogP contribution in [0.15, 0.2) is 47.1 Å². The summed E-state index contributed by atoms with van der Waals surface area (Å²) < 4.78 is 10.9. The van der Waals surface area contributed by atoms with Gasteiger partial charge in [-0.25, -0.2) is 4.79 Å². The summed E-state index contributed by atoms with van der Waals surface area (Å²) in [4.78, 5) is 26.2. The Bertz CT molecular complexity index is 755. The normalized spacial score (nSPS) is 19.8. The van der Waals surface area contributed by atoms with Gasteiger partial charge in [0.15, 0.2) is 0 Å². The molecule has 2 atom stereocenters. The van der Waals surface area contributed by atoms with E-state index >= 15 is 0 Å². The van der Waals surface area contributed by atoms with Gasteiger partial charge in [0.25, 0.3) is 0 Å². The van der Waals surface area contributed by atoms with Crippen LogP contribution in [0, 0.1) is 0 Å². The lowest BCUT2D eigenvalue weighted by atomic mass is 10.0. The van der Waals surface area contributed by atoms with Crippen molar-refractivity contribution in [3.05, 3.63) is 59.5 Å². The maximum Gasteiger partial charge on any atom is 0.330 e. The largest absolute Gasteiger partial charge is 0.466 e. The Morgan fingerprint density at radius 3 is 2.58 bits per heavy atom. The number of ether oxygens (including phenoxy) is 1. The first kappa shape index (κ1) is 18.6. The van der Waals surface area contributed by atoms with Gasteiger partial charge in [-0.15, -0.1) is 11.8 Å². The Morgan fingerprint density at radius 2 is 2.00 bits per heavy atom. The second-order valence-corrected chi connectivity index (χ2v) is 7.76. The number of nitrogens with zero attached hydrogens (tertiary/aromatic N) is 1. The molecular weight excluding hydrogens is 350 g/mol. The highest BCUT2D eigenvalue weighted by Gasteiger charge is 2.43. The van der Waals surface area contributed by atoms with Gasteiger partial charge in [0.2, 0.25) is 5.91 Å². The van der Waals surface area contributed by atoms with Crippen LogP contribution in [0.4, 0.5) is 0 Å². The Hall–Kier alpha value is -2.21. The SMILES string of the molecule is CC(=O)N1[C@@H](C(=O)OCc2ccc(C(C)C)cc2)CS[C@H]1c1ccco1. The first-order valence-electron chi connectivity index (χ1n) is 8.66. The predicted molar refractivity (Wildman–Crippen MR) is 101 cm³/mol. The van der Waals surface area contributed by atoms with E-state index in [0.29, 0.717) is 17.4 Å². The number of hydrogen-bond acceptors (Lipinski definition) is 5. The molecule has 2 aromatic rings. The minimum atomic E-state index is -0.595. The molecule has 1 aliphatic heterocycles. The van der Waals surface area contributed by atoms with Gasteiger partial charge in [-0.3, -0.25) is 4.79 Å². The number of carbonyl (C=O) groups excluding carboxylic acids is 2. The highest BCUT2D eigenvalue weighted by Crippen LogP contribution is 2.41. The third-order valence-electron chi connectivity index (χ3n) is 4.45. The van der Waals surface area contributed by atoms with Crippen molar-refractivity contribution < 1.29 is 18.7 Å². The van der Waals surface area contributed by atoms with Crippen LogP contribution in [-0.2, 0) is 20.9 Å². The molecule has 1 aliphatic rings. The number of rotatable bonds is 5. The summed E-state index contributed by atoms with van der Waals surface area (Å²) in [6.07, 6.45) is 1.57. The van der Waals surface area contributed by atoms with Gasteiger partial charge in [-0.1, -0.05) is 38.1 Å². The van der Waals surface area contributed by atoms with Crippen LogP contribution < -0.4 is 0 Å². The molecule has 0 saturated carbocycles. The van der Waals surface area contributed by atoms with Crippen LogP contribution in [0.1, 0.15) is 49.0 Å². The summed E-state index contributed by atoms with van der Waals surface area (Å²) in [6.45, 7) is 5.94. The maximum absolute atomic E-state index is 12.6. The monoisotopic (exact) mass is 373 g/mol. The molecule has 1 aromatic carbocycles. The van der Waals surface area contributed by atoms with Crippen molar-refractivity contribution in [1.82, 2.24) is 4.90 Å². The fourth-order valence-electron chi connectivity index (χ4n) is 2.97. The number of hydrogen-bond donors (Lipinski definition) is 0. The van der Waals surface area contributed by atoms with Crippen LogP contribution in [0.3, 0.4) is 0 Å². The molecular formula is C20H23NO4S. The molecule has 0 radical (unpaired) electrons. The van der Waals surface area contributed by atoms with Crippen molar-refractivity contribution in [2.24, 2.45) is 0 Å². The molecule has 2 heterocycles. The molecule has 1 fully saturated rings. The van der Waals surface area contributed by atoms with Gasteiger partial charge < -0.3 is 14.1 Å². The third-order valence-corrected chi connectivity index (χ3v) is 5.73. The van der Waals surface area contributed by atoms with Crippen molar-refractivity contribution in [3.8, 4) is 0 Å². The average molecular weight is 373 g/mol. The predicted octanol–water partition coefficient (Wildman–Crippen LogP) is 4.11. The third kappa shape index (κ3) is 3.96. The molecule has 6 heteroatoms. The summed E-state index contributed by atoms with van der Waals surface area (Å²) in [6, 6.07) is 11.0. The number of benzene rings is 1. The number of thioether (sulfide) groups is 1. The number of carbonyl (C=O) groups is 2. The van der Waals surface area contributed by atoms with Gasteiger partial charge in [0, 0.05) is 12.7 Å². The average Bonchev–Trinajstić information content (AvgIpc) is 3.28. The zero-order chi connectivity index (χ0) is 18.7. The lowest BCUT2D eigenvalue weighted by Gasteiger charge is -2.25. The van der Waals surface area contributed by atoms with Gasteiger partial charge in [0.1, 0.15) is 23.8 Å². The first-order chi connectivity index (χ1) is 12.5. The van der Waals surface area contributed by atoms with Gasteiger partial charge in [-0.05, 0) is 29.2 Å². The van der Waals surface area contributed by atoms with E-state index in [1.54, 1.807) is 17.2 Å². The number of esters is 1. The summed E-state index contributed by atoms with van der Waals surface area (Å²) in [7, 11) is 0. The second-order valence-electron chi connectivity index (χ2n) is 6.65. The van der Waals surface area contributed by atoms with E-state index in [1.807, 2.05) is 30.3 Å². The quantitative estimate of drug-likeness (QED) is 0.738. The maximum atomic E-state index is 12.6. The topological polar surface area (TPSA) is 59.8 Å². The summed E-state index contributed by atoms with van der Waals surface area (Å²) in [5, 5.41) is -0.287. The molecule has 5 nitrogen and oxygen atoms in total. The van der Waals surface area contributed by atoms with Crippen molar-refractivity contribution in [1.29, 1.82) is 0 Å². The molecule has 0 unspecified atom stereocenters. The highest BCUT2D eigenvalue weighted by atomic mass is 32.2. The van der Waals surface area contributed by atoms with Crippen LogP contribution in [0.5, 0.6) is 0 Å². The van der Waals surface area contributed by atoms with Gasteiger partial charge in [-0.2, -0.15) is 0 Å². The smallest absolute Gasteiger partial charge is 0.330 e. The molecule has 1 saturated heterocycles. The van der Waals surface area contributed by atoms with E-state index in [2.05, 4.69) is 13.8 Å². The fourth-order valence-corrected chi connectivity index (χ4v) is 4.39. The van der Waals surface area contributed by atoms with E-state index < -0.39 is 6.04 Å². The second kappa shape index (κ2) is 7.99. The van der Waals surface area contributed by atoms with Crippen molar-refractivity contribution in [2.45, 2.75) is 44.7 Å². The molecule has 0 spiro atoms. The molecule has 0 aliphatic carbocycles. The van der Waals surface area contributed by atoms with E-state index in [9.17, 15) is 9.59 Å². The fraction of sp³-hybridized carbons (Fsp3) is 0.400. The highest BCUT2D eigenvalue weighted by molar-refractivity contribution is 7.99. The Labute approximate surface area is 157 Å². The Kier molecular flexibility index (Phi) is 5.71. The lowest BCUT2D eigenvalue weighted by molar-refractivity contribution is -0.154. The van der Waals surface area contributed by atoms with E-state index in [1.165, 1.54) is 24.2 Å². The zero-order valence-electron chi connectivity index (χ0n) is 15.2. The van der Waals surface area contributed by atoms with Crippen molar-refractivity contribution >= 4 is 23.6 Å². The molecule has 3 rings (SSSR count). The first-order valence-corrected chi connectivity index (χ1v) is 9.71. The van der Waals surface area contributed by atoms with E-state index in [-0.39, 0.29) is 23.9 Å². The summed E-state index contributed by atoms with van der Waals surface area (Å²) >= 11 is 1.51. The van der Waals surface area contributed by atoms with Crippen LogP contribution in [-0.4, -0.2) is 28.6 Å². The summed E-state index contributed by atoms with van der Waals surface area (Å²) in [5.41, 5.74) is 2.18. The Balaban J connectivity index is 1.64. The van der Waals surface area contributed by atoms with E-state index in [0.717, 1.165) is 5.56 Å². The van der Waals surface area contributed by atoms with Gasteiger partial charge >= 0.3 is 5.97 Å². The zero-order valence-corrected chi connectivity index (χ0v) is 16.0. The lowest BCUT2D eigenvalue weighted by Crippen LogP contribution is -2.42. The van der Waals surface area contributed by atoms with E-state index in [4.69, 9.17) is 9.15 Å². The van der Waals surface area contributed by atoms with Crippen LogP contribution in [0.2, 0.25) is 0 Å². The number of furan rings is 1. The summed E-state index contributed by atoms with van der Waals surface area (Å²) in [5.74, 6) is 1.08. The number of amides is 1. The molecule has 0 bridgehead atoms. The van der Waals surface area contributed by atoms with Crippen LogP contribution >= 0.6 is 11.8 Å². The van der Waals surface area contributed by atoms with Crippen molar-refractivity contribution in [3.63, 3.8) is 0 Å². The molecule has 138 valence electrons. The molecule has 26 heavy (non-hydrogen) atoms. The van der Waals surface area contributed by atoms with Crippen LogP contribution in [0.25, 0.3) is 0 Å². The van der Waals surface area contributed by atoms with Crippen molar-refractivity contribution in [2.75, 3.05) is 5.75 Å². The Morgan fingerprint density at radius 1 is 1.27 bits per heavy atom. The standard InChI is InChI=1S/C20H23NO4S/c1-13(2)16-8-6-15(7-9-16)11-25-20(23)17-12-26-19(21(17)14(3)22)18-5-4-10-24-18/h4-10,13,17,19H,11-12H2,1-3H3/t17-,19+/m1/s1.